The van der Waals surface area contributed by atoms with E-state index in [1.54, 1.807) is 34.1 Å². The van der Waals surface area contributed by atoms with E-state index in [1.807, 2.05) is 4.90 Å². The number of aliphatic hydroxyl groups is 1. The Morgan fingerprint density at radius 3 is 2.83 bits per heavy atom. The minimum absolute atomic E-state index is 0.136. The molecule has 2 aromatic rings. The number of carbonyl (C=O) groups excluding carboxylic acids is 1. The first-order valence-electron chi connectivity index (χ1n) is 9.94. The number of carbonyl (C=O) groups is 1. The van der Waals surface area contributed by atoms with E-state index in [0.717, 1.165) is 0 Å². The van der Waals surface area contributed by atoms with Gasteiger partial charge < -0.3 is 30.5 Å². The number of amides is 1. The Kier molecular flexibility index (Phi) is 6.37. The van der Waals surface area contributed by atoms with Gasteiger partial charge in [-0.1, -0.05) is 0 Å². The number of nitrogen functional groups attached to an aromatic ring is 1. The van der Waals surface area contributed by atoms with Crippen LogP contribution in [0.25, 0.3) is 10.9 Å². The summed E-state index contributed by atoms with van der Waals surface area (Å²) < 4.78 is 26.6. The van der Waals surface area contributed by atoms with Crippen molar-refractivity contribution in [3.05, 3.63) is 18.1 Å². The molecule has 1 fully saturated rings. The van der Waals surface area contributed by atoms with Crippen molar-refractivity contribution < 1.29 is 23.8 Å². The van der Waals surface area contributed by atoms with Crippen molar-refractivity contribution in [1.82, 2.24) is 15.1 Å². The number of hydrogen-bond donors (Lipinski definition) is 3. The molecule has 0 saturated carbocycles. The quantitative estimate of drug-likeness (QED) is 0.608. The number of ether oxygens (including phenoxy) is 2. The third kappa shape index (κ3) is 4.59. The molecule has 0 bridgehead atoms. The van der Waals surface area contributed by atoms with Gasteiger partial charge in [-0.05, 0) is 27.2 Å². The van der Waals surface area contributed by atoms with Crippen LogP contribution >= 0.6 is 0 Å². The lowest BCUT2D eigenvalue weighted by atomic mass is 10.1. The largest absolute Gasteiger partial charge is 0.444 e. The second-order valence-electron chi connectivity index (χ2n) is 8.49. The smallest absolute Gasteiger partial charge is 0.407 e. The lowest BCUT2D eigenvalue weighted by Gasteiger charge is -2.27. The van der Waals surface area contributed by atoms with Crippen molar-refractivity contribution in [3.8, 4) is 0 Å². The number of methoxy groups -OCH3 is 1. The molecule has 3 rings (SSSR count). The second-order valence-corrected chi connectivity index (χ2v) is 8.49. The summed E-state index contributed by atoms with van der Waals surface area (Å²) >= 11 is 0. The van der Waals surface area contributed by atoms with Crippen LogP contribution in [0.3, 0.4) is 0 Å². The Labute approximate surface area is 174 Å². The number of aliphatic hydroxyl groups excluding tert-OH is 1. The maximum atomic E-state index is 14.7. The number of hydrogen-bond acceptors (Lipinski definition) is 7. The highest BCUT2D eigenvalue weighted by atomic mass is 19.1. The van der Waals surface area contributed by atoms with Crippen LogP contribution in [0, 0.1) is 5.82 Å². The fourth-order valence-corrected chi connectivity index (χ4v) is 3.85. The zero-order chi connectivity index (χ0) is 22.1. The minimum atomic E-state index is -0.608. The fraction of sp³-hybridized carbons (Fsp3) is 0.600. The number of benzene rings is 1. The highest BCUT2D eigenvalue weighted by Gasteiger charge is 2.36. The number of rotatable bonds is 6. The van der Waals surface area contributed by atoms with Crippen LogP contribution in [0.4, 0.5) is 20.6 Å². The van der Waals surface area contributed by atoms with Gasteiger partial charge in [0, 0.05) is 25.1 Å². The zero-order valence-corrected chi connectivity index (χ0v) is 17.8. The van der Waals surface area contributed by atoms with E-state index in [9.17, 15) is 14.3 Å². The van der Waals surface area contributed by atoms with Gasteiger partial charge in [0.05, 0.1) is 49.4 Å². The number of nitrogens with two attached hydrogens (primary N) is 1. The third-order valence-electron chi connectivity index (χ3n) is 5.02. The molecule has 1 aliphatic heterocycles. The number of alkyl carbamates (subject to hydrolysis) is 1. The molecule has 4 N–H and O–H groups in total. The van der Waals surface area contributed by atoms with Crippen LogP contribution in [0.2, 0.25) is 0 Å². The molecule has 9 nitrogen and oxygen atoms in total. The van der Waals surface area contributed by atoms with E-state index in [1.165, 1.54) is 10.7 Å². The number of fused-ring (bicyclic) bond motifs is 1. The first-order chi connectivity index (χ1) is 14.1. The summed E-state index contributed by atoms with van der Waals surface area (Å²) in [6.45, 7) is 6.43. The van der Waals surface area contributed by atoms with E-state index >= 15 is 0 Å². The Morgan fingerprint density at radius 2 is 2.20 bits per heavy atom. The standard InChI is InChI=1S/C20H30FN5O4/c1-20(2,3)30-19(28)24-12-7-13(11-27)25(10-12)18-14-9-23-26(5-6-29-4)17(14)15(21)8-16(18)22/h8-9,12-13,27H,5-7,10-11,22H2,1-4H3,(H,24,28)/t12-,13-/m0/s1. The maximum absolute atomic E-state index is 14.7. The van der Waals surface area contributed by atoms with E-state index in [0.29, 0.717) is 42.7 Å². The monoisotopic (exact) mass is 423 g/mol. The SMILES string of the molecule is COCCn1ncc2c(N3C[C@@H](NC(=O)OC(C)(C)C)C[C@H]3CO)c(N)cc(F)c21. The third-order valence-corrected chi connectivity index (χ3v) is 5.02. The molecular weight excluding hydrogens is 393 g/mol. The summed E-state index contributed by atoms with van der Waals surface area (Å²) in [6.07, 6.45) is 1.56. The molecule has 1 aliphatic rings. The summed E-state index contributed by atoms with van der Waals surface area (Å²) in [4.78, 5) is 14.1. The zero-order valence-electron chi connectivity index (χ0n) is 17.8. The van der Waals surface area contributed by atoms with Crippen molar-refractivity contribution >= 4 is 28.4 Å². The van der Waals surface area contributed by atoms with Gasteiger partial charge in [0.25, 0.3) is 0 Å². The molecule has 30 heavy (non-hydrogen) atoms. The molecule has 1 amide bonds. The molecule has 10 heteroatoms. The summed E-state index contributed by atoms with van der Waals surface area (Å²) in [6, 6.07) is 0.731. The normalized spacial score (nSPS) is 19.5. The van der Waals surface area contributed by atoms with E-state index in [4.69, 9.17) is 15.2 Å². The molecular formula is C20H30FN5O4. The summed E-state index contributed by atoms with van der Waals surface area (Å²) in [5.41, 5.74) is 6.76. The number of anilines is 2. The Balaban J connectivity index is 1.90. The van der Waals surface area contributed by atoms with Gasteiger partial charge >= 0.3 is 6.09 Å². The average molecular weight is 423 g/mol. The van der Waals surface area contributed by atoms with Gasteiger partial charge in [0.2, 0.25) is 0 Å². The molecule has 0 radical (unpaired) electrons. The van der Waals surface area contributed by atoms with Gasteiger partial charge in [-0.25, -0.2) is 9.18 Å². The van der Waals surface area contributed by atoms with E-state index in [2.05, 4.69) is 10.4 Å². The summed E-state index contributed by atoms with van der Waals surface area (Å²) in [7, 11) is 1.57. The van der Waals surface area contributed by atoms with Crippen LogP contribution in [0.15, 0.2) is 12.3 Å². The van der Waals surface area contributed by atoms with Crippen molar-refractivity contribution in [2.45, 2.75) is 51.4 Å². The van der Waals surface area contributed by atoms with Gasteiger partial charge in [-0.15, -0.1) is 0 Å². The lowest BCUT2D eigenvalue weighted by Crippen LogP contribution is -2.40. The van der Waals surface area contributed by atoms with Crippen molar-refractivity contribution in [2.24, 2.45) is 0 Å². The van der Waals surface area contributed by atoms with E-state index < -0.39 is 17.5 Å². The number of nitrogens with one attached hydrogen (secondary N) is 1. The second kappa shape index (κ2) is 8.65. The number of nitrogens with zero attached hydrogens (tertiary/aromatic N) is 3. The highest BCUT2D eigenvalue weighted by Crippen LogP contribution is 2.38. The number of aromatic nitrogens is 2. The predicted octanol–water partition coefficient (Wildman–Crippen LogP) is 1.87. The average Bonchev–Trinajstić information content (AvgIpc) is 3.22. The molecule has 1 saturated heterocycles. The molecule has 0 spiro atoms. The number of halogens is 1. The van der Waals surface area contributed by atoms with E-state index in [-0.39, 0.29) is 24.4 Å². The Bertz CT molecular complexity index is 911. The fourth-order valence-electron chi connectivity index (χ4n) is 3.85. The first-order valence-corrected chi connectivity index (χ1v) is 9.94. The Hall–Kier alpha value is -2.59. The predicted molar refractivity (Wildman–Crippen MR) is 112 cm³/mol. The van der Waals surface area contributed by atoms with Gasteiger partial charge in [0.15, 0.2) is 5.82 Å². The van der Waals surface area contributed by atoms with Crippen LogP contribution < -0.4 is 16.0 Å². The van der Waals surface area contributed by atoms with Gasteiger partial charge in [0.1, 0.15) is 11.1 Å². The van der Waals surface area contributed by atoms with Gasteiger partial charge in [-0.3, -0.25) is 4.68 Å². The summed E-state index contributed by atoms with van der Waals surface area (Å²) in [5.74, 6) is -0.469. The molecule has 166 valence electrons. The van der Waals surface area contributed by atoms with Crippen LogP contribution in [-0.4, -0.2) is 65.5 Å². The summed E-state index contributed by atoms with van der Waals surface area (Å²) in [5, 5.41) is 17.6. The molecule has 0 unspecified atom stereocenters. The molecule has 0 aliphatic carbocycles. The van der Waals surface area contributed by atoms with Crippen molar-refractivity contribution in [1.29, 1.82) is 0 Å². The van der Waals surface area contributed by atoms with Crippen LogP contribution in [0.5, 0.6) is 0 Å². The molecule has 2 heterocycles. The highest BCUT2D eigenvalue weighted by molar-refractivity contribution is 5.99. The van der Waals surface area contributed by atoms with Gasteiger partial charge in [-0.2, -0.15) is 5.10 Å². The molecule has 1 aromatic carbocycles. The van der Waals surface area contributed by atoms with Crippen LogP contribution in [0.1, 0.15) is 27.2 Å². The van der Waals surface area contributed by atoms with Crippen molar-refractivity contribution in [2.75, 3.05) is 37.5 Å². The van der Waals surface area contributed by atoms with Crippen LogP contribution in [-0.2, 0) is 16.0 Å². The molecule has 2 atom stereocenters. The van der Waals surface area contributed by atoms with Crippen molar-refractivity contribution in [3.63, 3.8) is 0 Å². The maximum Gasteiger partial charge on any atom is 0.407 e. The minimum Gasteiger partial charge on any atom is -0.444 e. The Morgan fingerprint density at radius 1 is 1.47 bits per heavy atom. The molecule has 1 aromatic heterocycles. The first kappa shape index (κ1) is 22.1. The lowest BCUT2D eigenvalue weighted by molar-refractivity contribution is 0.0507. The topological polar surface area (TPSA) is 115 Å².